The zero-order valence-corrected chi connectivity index (χ0v) is 12.4. The minimum atomic E-state index is -2.83. The molecular weight excluding hydrogens is 272 g/mol. The smallest absolute Gasteiger partial charge is 0.268 e. The van der Waals surface area contributed by atoms with Crippen molar-refractivity contribution in [2.75, 3.05) is 0 Å². The summed E-state index contributed by atoms with van der Waals surface area (Å²) in [7, 11) is 0. The third kappa shape index (κ3) is 3.91. The zero-order chi connectivity index (χ0) is 15.6. The Bertz CT molecular complexity index is 539. The molecule has 1 aromatic rings. The molecule has 1 fully saturated rings. The average Bonchev–Trinajstić information content (AvgIpc) is 3.27. The van der Waals surface area contributed by atoms with Gasteiger partial charge >= 0.3 is 0 Å². The molecule has 4 heteroatoms. The lowest BCUT2D eigenvalue weighted by atomic mass is 10.1. The van der Waals surface area contributed by atoms with E-state index in [4.69, 9.17) is 5.11 Å². The fourth-order valence-corrected chi connectivity index (χ4v) is 2.03. The minimum absolute atomic E-state index is 0.0137. The first-order valence-electron chi connectivity index (χ1n) is 7.07. The Kier molecular flexibility index (Phi) is 4.47. The van der Waals surface area contributed by atoms with Gasteiger partial charge in [0.1, 0.15) is 0 Å². The number of nitrogens with zero attached hydrogens (tertiary/aromatic N) is 1. The Labute approximate surface area is 124 Å². The van der Waals surface area contributed by atoms with Crippen molar-refractivity contribution in [3.05, 3.63) is 53.7 Å². The van der Waals surface area contributed by atoms with Crippen molar-refractivity contribution in [1.29, 1.82) is 0 Å². The van der Waals surface area contributed by atoms with Gasteiger partial charge in [-0.05, 0) is 30.9 Å². The van der Waals surface area contributed by atoms with Crippen LogP contribution in [0.3, 0.4) is 0 Å². The molecule has 0 saturated heterocycles. The Balaban J connectivity index is 2.23. The molecule has 1 aromatic carbocycles. The maximum Gasteiger partial charge on any atom is 0.268 e. The molecule has 2 nitrogen and oxygen atoms in total. The highest BCUT2D eigenvalue weighted by Crippen LogP contribution is 2.35. The van der Waals surface area contributed by atoms with E-state index >= 15 is 0 Å². The largest absolute Gasteiger partial charge is 0.392 e. The number of benzene rings is 1. The number of allylic oxidation sites excluding steroid dienone is 1. The van der Waals surface area contributed by atoms with Gasteiger partial charge in [0.25, 0.3) is 5.92 Å². The second-order valence-electron chi connectivity index (χ2n) is 5.64. The molecule has 0 spiro atoms. The third-order valence-corrected chi connectivity index (χ3v) is 3.75. The molecule has 21 heavy (non-hydrogen) atoms. The molecule has 0 heterocycles. The van der Waals surface area contributed by atoms with Crippen LogP contribution in [-0.4, -0.2) is 22.0 Å². The molecule has 114 valence electrons. The maximum atomic E-state index is 13.4. The van der Waals surface area contributed by atoms with Gasteiger partial charge in [-0.2, -0.15) is 0 Å². The van der Waals surface area contributed by atoms with Crippen LogP contribution in [0.1, 0.15) is 37.8 Å². The molecule has 0 aliphatic heterocycles. The van der Waals surface area contributed by atoms with Gasteiger partial charge in [-0.1, -0.05) is 30.8 Å². The molecule has 2 rings (SSSR count). The number of aliphatic hydroxyl groups is 1. The summed E-state index contributed by atoms with van der Waals surface area (Å²) in [5, 5.41) is 9.06. The quantitative estimate of drug-likeness (QED) is 0.850. The van der Waals surface area contributed by atoms with Gasteiger partial charge in [0.2, 0.25) is 0 Å². The molecular formula is C17H21F2NO. The van der Waals surface area contributed by atoms with Gasteiger partial charge in [0.15, 0.2) is 0 Å². The number of aliphatic hydroxyl groups excluding tert-OH is 1. The number of rotatable bonds is 6. The van der Waals surface area contributed by atoms with Crippen LogP contribution in [0.2, 0.25) is 0 Å². The van der Waals surface area contributed by atoms with E-state index in [2.05, 4.69) is 6.58 Å². The van der Waals surface area contributed by atoms with Gasteiger partial charge in [-0.25, -0.2) is 8.78 Å². The normalized spacial score (nSPS) is 16.0. The maximum absolute atomic E-state index is 13.4. The topological polar surface area (TPSA) is 23.5 Å². The monoisotopic (exact) mass is 293 g/mol. The van der Waals surface area contributed by atoms with Crippen LogP contribution < -0.4 is 0 Å². The summed E-state index contributed by atoms with van der Waals surface area (Å²) in [4.78, 5) is 1.85. The Morgan fingerprint density at radius 1 is 1.38 bits per heavy atom. The molecule has 1 aliphatic carbocycles. The van der Waals surface area contributed by atoms with Crippen molar-refractivity contribution in [3.8, 4) is 0 Å². The summed E-state index contributed by atoms with van der Waals surface area (Å²) in [6.45, 7) is 6.38. The van der Waals surface area contributed by atoms with E-state index in [-0.39, 0.29) is 18.2 Å². The van der Waals surface area contributed by atoms with Gasteiger partial charge in [-0.15, -0.1) is 0 Å². The van der Waals surface area contributed by atoms with E-state index in [0.29, 0.717) is 5.70 Å². The molecule has 0 aromatic heterocycles. The fraction of sp³-hybridized carbons (Fsp3) is 0.412. The first-order valence-corrected chi connectivity index (χ1v) is 7.07. The van der Waals surface area contributed by atoms with Crippen molar-refractivity contribution in [3.63, 3.8) is 0 Å². The highest BCUT2D eigenvalue weighted by atomic mass is 19.3. The Morgan fingerprint density at radius 2 is 1.95 bits per heavy atom. The number of hydrogen-bond acceptors (Lipinski definition) is 2. The van der Waals surface area contributed by atoms with Crippen LogP contribution in [0.4, 0.5) is 8.78 Å². The van der Waals surface area contributed by atoms with Crippen molar-refractivity contribution >= 4 is 5.70 Å². The molecule has 1 saturated carbocycles. The predicted molar refractivity (Wildman–Crippen MR) is 80.6 cm³/mol. The summed E-state index contributed by atoms with van der Waals surface area (Å²) in [5.74, 6) is -2.83. The molecule has 0 radical (unpaired) electrons. The van der Waals surface area contributed by atoms with Crippen LogP contribution in [0.15, 0.2) is 42.6 Å². The lowest BCUT2D eigenvalue weighted by Crippen LogP contribution is -2.21. The SMILES string of the molecule is C=C(c1ccc(CO)cc1)N(/C=C(\C)C(C)(F)F)C1CC1. The van der Waals surface area contributed by atoms with Gasteiger partial charge < -0.3 is 10.0 Å². The first-order chi connectivity index (χ1) is 9.82. The van der Waals surface area contributed by atoms with Gasteiger partial charge in [0, 0.05) is 30.4 Å². The highest BCUT2D eigenvalue weighted by molar-refractivity contribution is 5.63. The van der Waals surface area contributed by atoms with E-state index in [0.717, 1.165) is 30.9 Å². The average molecular weight is 293 g/mol. The number of alkyl halides is 2. The van der Waals surface area contributed by atoms with Crippen LogP contribution in [0.25, 0.3) is 5.70 Å². The fourth-order valence-electron chi connectivity index (χ4n) is 2.03. The van der Waals surface area contributed by atoms with E-state index in [1.165, 1.54) is 13.1 Å². The molecule has 0 amide bonds. The van der Waals surface area contributed by atoms with E-state index in [1.807, 2.05) is 29.2 Å². The first kappa shape index (κ1) is 15.7. The van der Waals surface area contributed by atoms with Crippen molar-refractivity contribution in [2.45, 2.75) is 45.3 Å². The standard InChI is InChI=1S/C17H21F2NO/c1-12(17(3,18)19)10-20(16-8-9-16)13(2)15-6-4-14(11-21)5-7-15/h4-7,10,16,21H,2,8-9,11H2,1,3H3/b12-10+. The summed E-state index contributed by atoms with van der Waals surface area (Å²) >= 11 is 0. The summed E-state index contributed by atoms with van der Waals surface area (Å²) < 4.78 is 26.7. The zero-order valence-electron chi connectivity index (χ0n) is 12.4. The molecule has 0 atom stereocenters. The molecule has 0 bridgehead atoms. The van der Waals surface area contributed by atoms with Crippen LogP contribution in [0.5, 0.6) is 0 Å². The lowest BCUT2D eigenvalue weighted by molar-refractivity contribution is 0.0619. The van der Waals surface area contributed by atoms with E-state index < -0.39 is 5.92 Å². The van der Waals surface area contributed by atoms with Gasteiger partial charge in [-0.3, -0.25) is 0 Å². The molecule has 0 unspecified atom stereocenters. The number of hydrogen-bond donors (Lipinski definition) is 1. The summed E-state index contributed by atoms with van der Waals surface area (Å²) in [6, 6.07) is 7.60. The van der Waals surface area contributed by atoms with Crippen LogP contribution in [0, 0.1) is 0 Å². The van der Waals surface area contributed by atoms with Crippen molar-refractivity contribution in [2.24, 2.45) is 0 Å². The highest BCUT2D eigenvalue weighted by Gasteiger charge is 2.32. The summed E-state index contributed by atoms with van der Waals surface area (Å²) in [5.41, 5.74) is 2.44. The lowest BCUT2D eigenvalue weighted by Gasteiger charge is -2.25. The predicted octanol–water partition coefficient (Wildman–Crippen LogP) is 4.17. The van der Waals surface area contributed by atoms with Crippen LogP contribution >= 0.6 is 0 Å². The molecule has 1 N–H and O–H groups in total. The second-order valence-corrected chi connectivity index (χ2v) is 5.64. The minimum Gasteiger partial charge on any atom is -0.392 e. The van der Waals surface area contributed by atoms with Crippen molar-refractivity contribution in [1.82, 2.24) is 4.90 Å². The van der Waals surface area contributed by atoms with E-state index in [1.54, 1.807) is 0 Å². The number of halogens is 2. The van der Waals surface area contributed by atoms with Crippen molar-refractivity contribution < 1.29 is 13.9 Å². The Hall–Kier alpha value is -1.68. The molecule has 1 aliphatic rings. The second kappa shape index (κ2) is 5.98. The van der Waals surface area contributed by atoms with E-state index in [9.17, 15) is 8.78 Å². The Morgan fingerprint density at radius 3 is 2.38 bits per heavy atom. The third-order valence-electron chi connectivity index (χ3n) is 3.75. The van der Waals surface area contributed by atoms with Gasteiger partial charge in [0.05, 0.1) is 6.61 Å². The van der Waals surface area contributed by atoms with Crippen LogP contribution in [-0.2, 0) is 6.61 Å². The summed E-state index contributed by atoms with van der Waals surface area (Å²) in [6.07, 6.45) is 3.50.